The van der Waals surface area contributed by atoms with Crippen LogP contribution in [0.2, 0.25) is 10.0 Å². The monoisotopic (exact) mass is 251 g/mol. The third-order valence-electron chi connectivity index (χ3n) is 1.76. The molecule has 0 aliphatic heterocycles. The summed E-state index contributed by atoms with van der Waals surface area (Å²) in [6.45, 7) is 3.81. The second kappa shape index (κ2) is 6.16. The highest BCUT2D eigenvalue weighted by molar-refractivity contribution is 6.35. The van der Waals surface area contributed by atoms with Crippen molar-refractivity contribution in [2.45, 2.75) is 6.92 Å². The average molecular weight is 252 g/mol. The van der Waals surface area contributed by atoms with E-state index in [0.717, 1.165) is 0 Å². The molecule has 0 fully saturated rings. The number of hydrogen-bond donors (Lipinski definition) is 1. The first-order valence-electron chi connectivity index (χ1n) is 4.61. The normalized spacial score (nSPS) is 10.4. The van der Waals surface area contributed by atoms with Crippen molar-refractivity contribution in [3.63, 3.8) is 0 Å². The molecular weight excluding hydrogens is 240 g/mol. The van der Waals surface area contributed by atoms with Crippen LogP contribution in [0.5, 0.6) is 0 Å². The van der Waals surface area contributed by atoms with Crippen LogP contribution in [0.25, 0.3) is 0 Å². The zero-order valence-electron chi connectivity index (χ0n) is 8.32. The predicted octanol–water partition coefficient (Wildman–Crippen LogP) is 3.58. The molecule has 5 heteroatoms. The second-order valence-corrected chi connectivity index (χ2v) is 3.69. The van der Waals surface area contributed by atoms with Gasteiger partial charge in [-0.2, -0.15) is 0 Å². The van der Waals surface area contributed by atoms with E-state index in [2.05, 4.69) is 5.32 Å². The molecule has 15 heavy (non-hydrogen) atoms. The minimum Gasteiger partial charge on any atom is -0.383 e. The van der Waals surface area contributed by atoms with Gasteiger partial charge in [0.15, 0.2) is 5.82 Å². The van der Waals surface area contributed by atoms with E-state index >= 15 is 0 Å². The third-order valence-corrected chi connectivity index (χ3v) is 2.31. The van der Waals surface area contributed by atoms with E-state index in [0.29, 0.717) is 25.4 Å². The van der Waals surface area contributed by atoms with Gasteiger partial charge in [-0.25, -0.2) is 4.39 Å². The topological polar surface area (TPSA) is 21.3 Å². The molecule has 0 aromatic heterocycles. The Hall–Kier alpha value is -0.510. The molecular formula is C10H12Cl2FNO. The van der Waals surface area contributed by atoms with Gasteiger partial charge < -0.3 is 10.1 Å². The Morgan fingerprint density at radius 3 is 2.47 bits per heavy atom. The third kappa shape index (κ3) is 3.86. The van der Waals surface area contributed by atoms with Crippen molar-refractivity contribution in [2.24, 2.45) is 0 Å². The Bertz CT molecular complexity index is 310. The summed E-state index contributed by atoms with van der Waals surface area (Å²) in [7, 11) is 0. The minimum atomic E-state index is -0.589. The summed E-state index contributed by atoms with van der Waals surface area (Å²) in [5, 5.41) is 3.06. The Morgan fingerprint density at radius 1 is 1.33 bits per heavy atom. The SMILES string of the molecule is CCOCCNc1cc(Cl)c(F)c(Cl)c1. The smallest absolute Gasteiger partial charge is 0.160 e. The maximum atomic E-state index is 13.0. The first-order chi connectivity index (χ1) is 7.15. The lowest BCUT2D eigenvalue weighted by Gasteiger charge is -2.08. The first kappa shape index (κ1) is 12.6. The zero-order valence-corrected chi connectivity index (χ0v) is 9.83. The van der Waals surface area contributed by atoms with Gasteiger partial charge in [0.25, 0.3) is 0 Å². The number of halogens is 3. The van der Waals surface area contributed by atoms with Gasteiger partial charge in [-0.05, 0) is 19.1 Å². The van der Waals surface area contributed by atoms with Gasteiger partial charge >= 0.3 is 0 Å². The maximum absolute atomic E-state index is 13.0. The number of anilines is 1. The van der Waals surface area contributed by atoms with Crippen LogP contribution in [0.1, 0.15) is 6.92 Å². The van der Waals surface area contributed by atoms with Gasteiger partial charge in [0, 0.05) is 18.8 Å². The molecule has 0 unspecified atom stereocenters. The van der Waals surface area contributed by atoms with Gasteiger partial charge in [-0.3, -0.25) is 0 Å². The van der Waals surface area contributed by atoms with Crippen molar-refractivity contribution >= 4 is 28.9 Å². The number of benzene rings is 1. The fourth-order valence-corrected chi connectivity index (χ4v) is 1.56. The van der Waals surface area contributed by atoms with Crippen LogP contribution >= 0.6 is 23.2 Å². The van der Waals surface area contributed by atoms with E-state index in [1.807, 2.05) is 6.92 Å². The standard InChI is InChI=1S/C10H12Cl2FNO/c1-2-15-4-3-14-7-5-8(11)10(13)9(12)6-7/h5-6,14H,2-4H2,1H3. The molecule has 0 saturated heterocycles. The van der Waals surface area contributed by atoms with Crippen molar-refractivity contribution in [3.8, 4) is 0 Å². The maximum Gasteiger partial charge on any atom is 0.160 e. The molecule has 0 bridgehead atoms. The van der Waals surface area contributed by atoms with Crippen LogP contribution in [0, 0.1) is 5.82 Å². The summed E-state index contributed by atoms with van der Waals surface area (Å²) >= 11 is 11.3. The van der Waals surface area contributed by atoms with Gasteiger partial charge in [-0.1, -0.05) is 23.2 Å². The summed E-state index contributed by atoms with van der Waals surface area (Å²) in [4.78, 5) is 0. The second-order valence-electron chi connectivity index (χ2n) is 2.88. The lowest BCUT2D eigenvalue weighted by atomic mass is 10.3. The van der Waals surface area contributed by atoms with E-state index in [1.54, 1.807) is 0 Å². The van der Waals surface area contributed by atoms with Crippen molar-refractivity contribution < 1.29 is 9.13 Å². The van der Waals surface area contributed by atoms with Crippen molar-refractivity contribution in [1.29, 1.82) is 0 Å². The Labute approximate surface area is 98.3 Å². The molecule has 1 aromatic carbocycles. The van der Waals surface area contributed by atoms with Crippen LogP contribution in [0.3, 0.4) is 0 Å². The lowest BCUT2D eigenvalue weighted by molar-refractivity contribution is 0.158. The molecule has 1 aromatic rings. The predicted molar refractivity (Wildman–Crippen MR) is 61.4 cm³/mol. The summed E-state index contributed by atoms with van der Waals surface area (Å²) in [6, 6.07) is 2.99. The van der Waals surface area contributed by atoms with E-state index in [-0.39, 0.29) is 10.0 Å². The Morgan fingerprint density at radius 2 is 1.93 bits per heavy atom. The van der Waals surface area contributed by atoms with E-state index < -0.39 is 5.82 Å². The molecule has 0 saturated carbocycles. The van der Waals surface area contributed by atoms with Crippen LogP contribution < -0.4 is 5.32 Å². The molecule has 0 amide bonds. The molecule has 1 N–H and O–H groups in total. The largest absolute Gasteiger partial charge is 0.383 e. The molecule has 0 heterocycles. The zero-order chi connectivity index (χ0) is 11.3. The molecule has 0 aliphatic carbocycles. The van der Waals surface area contributed by atoms with Crippen molar-refractivity contribution in [1.82, 2.24) is 0 Å². The molecule has 84 valence electrons. The fourth-order valence-electron chi connectivity index (χ4n) is 1.07. The number of ether oxygens (including phenoxy) is 1. The molecule has 1 rings (SSSR count). The lowest BCUT2D eigenvalue weighted by Crippen LogP contribution is -2.09. The number of nitrogens with one attached hydrogen (secondary N) is 1. The highest BCUT2D eigenvalue weighted by atomic mass is 35.5. The summed E-state index contributed by atoms with van der Waals surface area (Å²) in [5.74, 6) is -0.589. The summed E-state index contributed by atoms with van der Waals surface area (Å²) in [5.41, 5.74) is 0.686. The highest BCUT2D eigenvalue weighted by Gasteiger charge is 2.06. The van der Waals surface area contributed by atoms with Crippen LogP contribution in [0.4, 0.5) is 10.1 Å². The number of rotatable bonds is 5. The quantitative estimate of drug-likeness (QED) is 0.638. The van der Waals surface area contributed by atoms with E-state index in [4.69, 9.17) is 27.9 Å². The van der Waals surface area contributed by atoms with E-state index in [1.165, 1.54) is 12.1 Å². The molecule has 0 atom stereocenters. The van der Waals surface area contributed by atoms with Crippen LogP contribution in [0.15, 0.2) is 12.1 Å². The van der Waals surface area contributed by atoms with Gasteiger partial charge in [0.1, 0.15) is 0 Å². The van der Waals surface area contributed by atoms with E-state index in [9.17, 15) is 4.39 Å². The van der Waals surface area contributed by atoms with Crippen molar-refractivity contribution in [2.75, 3.05) is 25.1 Å². The Kier molecular flexibility index (Phi) is 5.15. The molecule has 0 spiro atoms. The summed E-state index contributed by atoms with van der Waals surface area (Å²) < 4.78 is 18.2. The van der Waals surface area contributed by atoms with Crippen LogP contribution in [-0.4, -0.2) is 19.8 Å². The minimum absolute atomic E-state index is 0.0152. The van der Waals surface area contributed by atoms with Crippen molar-refractivity contribution in [3.05, 3.63) is 28.0 Å². The Balaban J connectivity index is 2.55. The van der Waals surface area contributed by atoms with Gasteiger partial charge in [-0.15, -0.1) is 0 Å². The number of hydrogen-bond acceptors (Lipinski definition) is 2. The highest BCUT2D eigenvalue weighted by Crippen LogP contribution is 2.27. The average Bonchev–Trinajstić information content (AvgIpc) is 2.21. The molecule has 0 aliphatic rings. The summed E-state index contributed by atoms with van der Waals surface area (Å²) in [6.07, 6.45) is 0. The fraction of sp³-hybridized carbons (Fsp3) is 0.400. The van der Waals surface area contributed by atoms with Crippen LogP contribution in [-0.2, 0) is 4.74 Å². The first-order valence-corrected chi connectivity index (χ1v) is 5.37. The van der Waals surface area contributed by atoms with Gasteiger partial charge in [0.05, 0.1) is 16.7 Å². The molecule has 2 nitrogen and oxygen atoms in total. The van der Waals surface area contributed by atoms with Gasteiger partial charge in [0.2, 0.25) is 0 Å². The molecule has 0 radical (unpaired) electrons.